The van der Waals surface area contributed by atoms with Gasteiger partial charge in [0.25, 0.3) is 0 Å². The van der Waals surface area contributed by atoms with Crippen LogP contribution in [0.15, 0.2) is 59.5 Å². The van der Waals surface area contributed by atoms with Gasteiger partial charge in [0.2, 0.25) is 11.8 Å². The molecule has 6 heteroatoms. The van der Waals surface area contributed by atoms with Gasteiger partial charge >= 0.3 is 0 Å². The van der Waals surface area contributed by atoms with Gasteiger partial charge in [-0.2, -0.15) is 0 Å². The third-order valence-corrected chi connectivity index (χ3v) is 4.64. The first-order chi connectivity index (χ1) is 10.9. The number of nitrogens with one attached hydrogen (secondary N) is 1. The van der Waals surface area contributed by atoms with E-state index in [2.05, 4.69) is 5.32 Å². The van der Waals surface area contributed by atoms with Crippen LogP contribution in [0.3, 0.4) is 0 Å². The highest BCUT2D eigenvalue weighted by Gasteiger charge is 2.35. The first kappa shape index (κ1) is 17.4. The zero-order chi connectivity index (χ0) is 16.9. The second kappa shape index (κ2) is 7.53. The number of amides is 2. The summed E-state index contributed by atoms with van der Waals surface area (Å²) in [6.07, 6.45) is 0. The smallest absolute Gasteiger partial charge is 0.247 e. The Morgan fingerprint density at radius 2 is 1.87 bits per heavy atom. The Hall–Kier alpha value is -1.98. The van der Waals surface area contributed by atoms with E-state index in [0.29, 0.717) is 10.6 Å². The fraction of sp³-hybridized carbons (Fsp3) is 0.176. The monoisotopic (exact) mass is 348 g/mol. The van der Waals surface area contributed by atoms with E-state index < -0.39 is 11.4 Å². The predicted molar refractivity (Wildman–Crippen MR) is 93.3 cm³/mol. The van der Waals surface area contributed by atoms with Crippen molar-refractivity contribution in [3.8, 4) is 0 Å². The highest BCUT2D eigenvalue weighted by Crippen LogP contribution is 2.24. The molecular formula is C17H17ClN2O2S. The van der Waals surface area contributed by atoms with Crippen LogP contribution in [0.5, 0.6) is 0 Å². The van der Waals surface area contributed by atoms with Gasteiger partial charge in [-0.05, 0) is 36.8 Å². The van der Waals surface area contributed by atoms with Gasteiger partial charge in [-0.25, -0.2) is 0 Å². The molecule has 0 saturated carbocycles. The molecule has 23 heavy (non-hydrogen) atoms. The number of hydrogen-bond donors (Lipinski definition) is 2. The van der Waals surface area contributed by atoms with Crippen molar-refractivity contribution in [1.29, 1.82) is 0 Å². The van der Waals surface area contributed by atoms with Crippen molar-refractivity contribution in [1.82, 2.24) is 5.32 Å². The van der Waals surface area contributed by atoms with E-state index in [4.69, 9.17) is 17.3 Å². The average Bonchev–Trinajstić information content (AvgIpc) is 2.53. The van der Waals surface area contributed by atoms with Crippen molar-refractivity contribution in [3.05, 3.63) is 65.2 Å². The van der Waals surface area contributed by atoms with Gasteiger partial charge in [0.1, 0.15) is 5.54 Å². The van der Waals surface area contributed by atoms with Gasteiger partial charge in [-0.3, -0.25) is 9.59 Å². The minimum atomic E-state index is -1.31. The molecular weight excluding hydrogens is 332 g/mol. The van der Waals surface area contributed by atoms with Crippen LogP contribution in [-0.2, 0) is 15.1 Å². The summed E-state index contributed by atoms with van der Waals surface area (Å²) in [7, 11) is 0. The first-order valence-electron chi connectivity index (χ1n) is 6.96. The fourth-order valence-corrected chi connectivity index (χ4v) is 2.97. The summed E-state index contributed by atoms with van der Waals surface area (Å²) in [5.41, 5.74) is 4.75. The van der Waals surface area contributed by atoms with Crippen molar-refractivity contribution >= 4 is 35.2 Å². The van der Waals surface area contributed by atoms with E-state index in [1.54, 1.807) is 31.2 Å². The largest absolute Gasteiger partial charge is 0.367 e. The fourth-order valence-electron chi connectivity index (χ4n) is 2.06. The number of primary amides is 1. The predicted octanol–water partition coefficient (Wildman–Crippen LogP) is 2.95. The van der Waals surface area contributed by atoms with Gasteiger partial charge in [-0.15, -0.1) is 11.8 Å². The molecule has 0 fully saturated rings. The summed E-state index contributed by atoms with van der Waals surface area (Å²) >= 11 is 7.35. The molecule has 0 heterocycles. The molecule has 4 nitrogen and oxygen atoms in total. The maximum Gasteiger partial charge on any atom is 0.247 e. The number of halogens is 1. The molecule has 2 rings (SSSR count). The number of thioether (sulfide) groups is 1. The summed E-state index contributed by atoms with van der Waals surface area (Å²) in [6, 6.07) is 16.3. The number of nitrogens with two attached hydrogens (primary N) is 1. The Kier molecular flexibility index (Phi) is 5.69. The lowest BCUT2D eigenvalue weighted by atomic mass is 9.91. The van der Waals surface area contributed by atoms with Crippen LogP contribution < -0.4 is 11.1 Å². The molecule has 3 N–H and O–H groups in total. The summed E-state index contributed by atoms with van der Waals surface area (Å²) in [5, 5.41) is 3.19. The van der Waals surface area contributed by atoms with E-state index in [0.717, 1.165) is 4.90 Å². The molecule has 1 atom stereocenters. The van der Waals surface area contributed by atoms with Crippen molar-refractivity contribution in [3.63, 3.8) is 0 Å². The topological polar surface area (TPSA) is 72.2 Å². The van der Waals surface area contributed by atoms with Gasteiger partial charge in [0.05, 0.1) is 5.75 Å². The Bertz CT molecular complexity index is 709. The number of benzene rings is 2. The van der Waals surface area contributed by atoms with Crippen LogP contribution in [0.25, 0.3) is 0 Å². The molecule has 0 aliphatic heterocycles. The number of rotatable bonds is 6. The molecule has 2 aromatic rings. The average molecular weight is 349 g/mol. The van der Waals surface area contributed by atoms with Gasteiger partial charge in [0, 0.05) is 9.92 Å². The highest BCUT2D eigenvalue weighted by molar-refractivity contribution is 8.00. The van der Waals surface area contributed by atoms with E-state index in [9.17, 15) is 9.59 Å². The maximum atomic E-state index is 12.2. The zero-order valence-electron chi connectivity index (χ0n) is 12.6. The van der Waals surface area contributed by atoms with Crippen molar-refractivity contribution in [2.24, 2.45) is 5.73 Å². The van der Waals surface area contributed by atoms with Crippen LogP contribution in [-0.4, -0.2) is 17.6 Å². The normalized spacial score (nSPS) is 13.1. The number of carbonyl (C=O) groups excluding carboxylic acids is 2. The molecule has 0 radical (unpaired) electrons. The van der Waals surface area contributed by atoms with E-state index in [1.807, 2.05) is 30.3 Å². The lowest BCUT2D eigenvalue weighted by molar-refractivity contribution is -0.130. The van der Waals surface area contributed by atoms with Crippen LogP contribution in [0.1, 0.15) is 12.5 Å². The Morgan fingerprint density at radius 3 is 2.48 bits per heavy atom. The lowest BCUT2D eigenvalue weighted by Gasteiger charge is -2.28. The number of hydrogen-bond acceptors (Lipinski definition) is 3. The second-order valence-electron chi connectivity index (χ2n) is 5.15. The van der Waals surface area contributed by atoms with Crippen molar-refractivity contribution in [2.75, 3.05) is 5.75 Å². The SMILES string of the molecule is C[C@@](NC(=O)CSc1ccccc1)(C(N)=O)c1cccc(Cl)c1. The standard InChI is InChI=1S/C17H17ClN2O2S/c1-17(16(19)22,12-6-5-7-13(18)10-12)20-15(21)11-23-14-8-3-2-4-9-14/h2-10H,11H2,1H3,(H2,19,22)(H,20,21)/t17-/m0/s1. The van der Waals surface area contributed by atoms with Crippen LogP contribution >= 0.6 is 23.4 Å². The quantitative estimate of drug-likeness (QED) is 0.788. The molecule has 0 bridgehead atoms. The third-order valence-electron chi connectivity index (χ3n) is 3.40. The summed E-state index contributed by atoms with van der Waals surface area (Å²) in [6.45, 7) is 1.58. The van der Waals surface area contributed by atoms with Crippen molar-refractivity contribution < 1.29 is 9.59 Å². The minimum absolute atomic E-state index is 0.188. The van der Waals surface area contributed by atoms with E-state index >= 15 is 0 Å². The Labute approximate surface area is 144 Å². The second-order valence-corrected chi connectivity index (χ2v) is 6.63. The van der Waals surface area contributed by atoms with Crippen LogP contribution in [0, 0.1) is 0 Å². The zero-order valence-corrected chi connectivity index (χ0v) is 14.2. The molecule has 0 aliphatic rings. The maximum absolute atomic E-state index is 12.2. The highest BCUT2D eigenvalue weighted by atomic mass is 35.5. The van der Waals surface area contributed by atoms with Crippen LogP contribution in [0.4, 0.5) is 0 Å². The third kappa shape index (κ3) is 4.50. The molecule has 2 aromatic carbocycles. The molecule has 0 aromatic heterocycles. The minimum Gasteiger partial charge on any atom is -0.367 e. The molecule has 0 aliphatic carbocycles. The van der Waals surface area contributed by atoms with Gasteiger partial charge < -0.3 is 11.1 Å². The first-order valence-corrected chi connectivity index (χ1v) is 8.33. The summed E-state index contributed by atoms with van der Waals surface area (Å²) in [4.78, 5) is 25.1. The van der Waals surface area contributed by atoms with Gasteiger partial charge in [-0.1, -0.05) is 41.9 Å². The molecule has 120 valence electrons. The molecule has 0 saturated heterocycles. The molecule has 2 amide bonds. The lowest BCUT2D eigenvalue weighted by Crippen LogP contribution is -2.53. The molecule has 0 spiro atoms. The Morgan fingerprint density at radius 1 is 1.17 bits per heavy atom. The number of carbonyl (C=O) groups is 2. The molecule has 0 unspecified atom stereocenters. The van der Waals surface area contributed by atoms with Crippen molar-refractivity contribution in [2.45, 2.75) is 17.4 Å². The summed E-state index contributed by atoms with van der Waals surface area (Å²) in [5.74, 6) is -0.731. The van der Waals surface area contributed by atoms with Crippen LogP contribution in [0.2, 0.25) is 5.02 Å². The van der Waals surface area contributed by atoms with Gasteiger partial charge in [0.15, 0.2) is 0 Å². The van der Waals surface area contributed by atoms with E-state index in [-0.39, 0.29) is 11.7 Å². The Balaban J connectivity index is 2.10. The summed E-state index contributed by atoms with van der Waals surface area (Å²) < 4.78 is 0. The van der Waals surface area contributed by atoms with E-state index in [1.165, 1.54) is 11.8 Å².